The molecule has 1 saturated carbocycles. The molecule has 4 nitrogen and oxygen atoms in total. The molecule has 1 fully saturated rings. The van der Waals surface area contributed by atoms with Crippen LogP contribution in [0.5, 0.6) is 0 Å². The van der Waals surface area contributed by atoms with Crippen molar-refractivity contribution in [3.63, 3.8) is 0 Å². The lowest BCUT2D eigenvalue weighted by atomic mass is 9.96. The van der Waals surface area contributed by atoms with Crippen LogP contribution in [0, 0.1) is 10.1 Å². The molecule has 1 N–H and O–H groups in total. The van der Waals surface area contributed by atoms with E-state index in [0.29, 0.717) is 6.04 Å². The molecule has 0 aliphatic heterocycles. The maximum Gasteiger partial charge on any atom is 0.288 e. The number of nitrogens with one attached hydrogen (secondary N) is 1. The van der Waals surface area contributed by atoms with Crippen molar-refractivity contribution in [1.82, 2.24) is 0 Å². The van der Waals surface area contributed by atoms with Gasteiger partial charge >= 0.3 is 0 Å². The standard InChI is InChI=1S/C14H19ClN2O2/c15-13-10-12(8-9-14(13)17(18)19)16-11-6-4-2-1-3-5-7-11/h8-11,16H,1-7H2. The molecule has 0 saturated heterocycles. The number of rotatable bonds is 3. The molecule has 19 heavy (non-hydrogen) atoms. The molecule has 1 aromatic carbocycles. The lowest BCUT2D eigenvalue weighted by Crippen LogP contribution is -2.20. The second kappa shape index (κ2) is 6.75. The third-order valence-corrected chi connectivity index (χ3v) is 3.92. The highest BCUT2D eigenvalue weighted by Gasteiger charge is 2.15. The summed E-state index contributed by atoms with van der Waals surface area (Å²) in [4.78, 5) is 10.3. The van der Waals surface area contributed by atoms with Gasteiger partial charge in [-0.05, 0) is 25.0 Å². The fourth-order valence-electron chi connectivity index (χ4n) is 2.58. The molecule has 2 rings (SSSR count). The Morgan fingerprint density at radius 3 is 2.37 bits per heavy atom. The van der Waals surface area contributed by atoms with Gasteiger partial charge in [0.2, 0.25) is 0 Å². The number of nitro groups is 1. The fourth-order valence-corrected chi connectivity index (χ4v) is 2.83. The van der Waals surface area contributed by atoms with E-state index in [9.17, 15) is 10.1 Å². The average Bonchev–Trinajstić information content (AvgIpc) is 2.32. The summed E-state index contributed by atoms with van der Waals surface area (Å²) in [5.41, 5.74) is 0.839. The molecule has 0 unspecified atom stereocenters. The van der Waals surface area contributed by atoms with Crippen LogP contribution in [0.25, 0.3) is 0 Å². The number of benzene rings is 1. The smallest absolute Gasteiger partial charge is 0.288 e. The molecule has 0 spiro atoms. The summed E-state index contributed by atoms with van der Waals surface area (Å²) < 4.78 is 0. The lowest BCUT2D eigenvalue weighted by Gasteiger charge is -2.22. The summed E-state index contributed by atoms with van der Waals surface area (Å²) in [7, 11) is 0. The van der Waals surface area contributed by atoms with E-state index < -0.39 is 4.92 Å². The first-order valence-corrected chi connectivity index (χ1v) is 7.25. The van der Waals surface area contributed by atoms with Crippen molar-refractivity contribution in [1.29, 1.82) is 0 Å². The van der Waals surface area contributed by atoms with Gasteiger partial charge in [-0.1, -0.05) is 43.7 Å². The van der Waals surface area contributed by atoms with Crippen LogP contribution in [0.1, 0.15) is 44.9 Å². The van der Waals surface area contributed by atoms with E-state index in [0.717, 1.165) is 18.5 Å². The van der Waals surface area contributed by atoms with Gasteiger partial charge in [-0.15, -0.1) is 0 Å². The first-order chi connectivity index (χ1) is 9.16. The molecule has 1 aliphatic rings. The normalized spacial score (nSPS) is 17.5. The minimum atomic E-state index is -0.456. The zero-order valence-corrected chi connectivity index (χ0v) is 11.7. The molecule has 0 amide bonds. The molecule has 0 bridgehead atoms. The zero-order chi connectivity index (χ0) is 13.7. The maximum absolute atomic E-state index is 10.7. The predicted molar refractivity (Wildman–Crippen MR) is 77.8 cm³/mol. The lowest BCUT2D eigenvalue weighted by molar-refractivity contribution is -0.384. The Morgan fingerprint density at radius 1 is 1.16 bits per heavy atom. The molecule has 5 heteroatoms. The Balaban J connectivity index is 2.01. The largest absolute Gasteiger partial charge is 0.382 e. The van der Waals surface area contributed by atoms with E-state index in [-0.39, 0.29) is 10.7 Å². The summed E-state index contributed by atoms with van der Waals surface area (Å²) in [6, 6.07) is 5.31. The van der Waals surface area contributed by atoms with Gasteiger partial charge in [-0.25, -0.2) is 0 Å². The predicted octanol–water partition coefficient (Wildman–Crippen LogP) is 4.77. The van der Waals surface area contributed by atoms with E-state index in [1.807, 2.05) is 0 Å². The molecule has 0 atom stereocenters. The Kier molecular flexibility index (Phi) is 5.02. The van der Waals surface area contributed by atoms with Crippen LogP contribution in [0.15, 0.2) is 18.2 Å². The Bertz CT molecular complexity index is 443. The summed E-state index contributed by atoms with van der Waals surface area (Å²) in [5, 5.41) is 14.4. The van der Waals surface area contributed by atoms with E-state index in [4.69, 9.17) is 11.6 Å². The van der Waals surface area contributed by atoms with Gasteiger partial charge < -0.3 is 5.32 Å². The van der Waals surface area contributed by atoms with Crippen molar-refractivity contribution in [3.05, 3.63) is 33.3 Å². The number of hydrogen-bond acceptors (Lipinski definition) is 3. The number of hydrogen-bond donors (Lipinski definition) is 1. The third kappa shape index (κ3) is 4.10. The highest BCUT2D eigenvalue weighted by molar-refractivity contribution is 6.32. The summed E-state index contributed by atoms with van der Waals surface area (Å²) in [5.74, 6) is 0. The highest BCUT2D eigenvalue weighted by atomic mass is 35.5. The molecule has 0 heterocycles. The van der Waals surface area contributed by atoms with Gasteiger partial charge in [-0.3, -0.25) is 10.1 Å². The molecule has 0 aromatic heterocycles. The quantitative estimate of drug-likeness (QED) is 0.641. The topological polar surface area (TPSA) is 55.2 Å². The number of nitro benzene ring substituents is 1. The van der Waals surface area contributed by atoms with Crippen molar-refractivity contribution in [2.24, 2.45) is 0 Å². The van der Waals surface area contributed by atoms with Gasteiger partial charge in [0.1, 0.15) is 5.02 Å². The SMILES string of the molecule is O=[N+]([O-])c1ccc(NC2CCCCCCC2)cc1Cl. The van der Waals surface area contributed by atoms with E-state index in [1.54, 1.807) is 12.1 Å². The van der Waals surface area contributed by atoms with E-state index in [2.05, 4.69) is 5.32 Å². The molecule has 104 valence electrons. The first kappa shape index (κ1) is 14.1. The van der Waals surface area contributed by atoms with Crippen molar-refractivity contribution >= 4 is 23.0 Å². The van der Waals surface area contributed by atoms with E-state index in [1.165, 1.54) is 38.2 Å². The molecule has 0 radical (unpaired) electrons. The fraction of sp³-hybridized carbons (Fsp3) is 0.571. The van der Waals surface area contributed by atoms with Gasteiger partial charge in [0.05, 0.1) is 4.92 Å². The van der Waals surface area contributed by atoms with Crippen LogP contribution in [-0.4, -0.2) is 11.0 Å². The van der Waals surface area contributed by atoms with Crippen molar-refractivity contribution < 1.29 is 4.92 Å². The van der Waals surface area contributed by atoms with Crippen LogP contribution >= 0.6 is 11.6 Å². The number of nitrogens with zero attached hydrogens (tertiary/aromatic N) is 1. The van der Waals surface area contributed by atoms with Crippen molar-refractivity contribution in [2.75, 3.05) is 5.32 Å². The van der Waals surface area contributed by atoms with Crippen LogP contribution in [0.2, 0.25) is 5.02 Å². The van der Waals surface area contributed by atoms with Gasteiger partial charge in [0, 0.05) is 17.8 Å². The Morgan fingerprint density at radius 2 is 1.79 bits per heavy atom. The molecular formula is C14H19ClN2O2. The Hall–Kier alpha value is -1.29. The minimum Gasteiger partial charge on any atom is -0.382 e. The van der Waals surface area contributed by atoms with Gasteiger partial charge in [0.15, 0.2) is 0 Å². The summed E-state index contributed by atoms with van der Waals surface area (Å²) in [6.45, 7) is 0. The zero-order valence-electron chi connectivity index (χ0n) is 10.9. The third-order valence-electron chi connectivity index (χ3n) is 3.62. The van der Waals surface area contributed by atoms with Crippen molar-refractivity contribution in [2.45, 2.75) is 51.0 Å². The Labute approximate surface area is 118 Å². The minimum absolute atomic E-state index is 0.0371. The summed E-state index contributed by atoms with van der Waals surface area (Å²) >= 11 is 5.92. The molecule has 1 aliphatic carbocycles. The van der Waals surface area contributed by atoms with Crippen LogP contribution in [0.3, 0.4) is 0 Å². The monoisotopic (exact) mass is 282 g/mol. The first-order valence-electron chi connectivity index (χ1n) is 6.87. The van der Waals surface area contributed by atoms with Gasteiger partial charge in [0.25, 0.3) is 5.69 Å². The van der Waals surface area contributed by atoms with Crippen LogP contribution < -0.4 is 5.32 Å². The maximum atomic E-state index is 10.7. The summed E-state index contributed by atoms with van der Waals surface area (Å²) in [6.07, 6.45) is 8.77. The molecule has 1 aromatic rings. The van der Waals surface area contributed by atoms with Crippen molar-refractivity contribution in [3.8, 4) is 0 Å². The van der Waals surface area contributed by atoms with Crippen LogP contribution in [-0.2, 0) is 0 Å². The number of halogens is 1. The second-order valence-corrected chi connectivity index (χ2v) is 5.52. The van der Waals surface area contributed by atoms with Gasteiger partial charge in [-0.2, -0.15) is 0 Å². The highest BCUT2D eigenvalue weighted by Crippen LogP contribution is 2.28. The van der Waals surface area contributed by atoms with E-state index >= 15 is 0 Å². The number of anilines is 1. The second-order valence-electron chi connectivity index (χ2n) is 5.11. The average molecular weight is 283 g/mol. The molecular weight excluding hydrogens is 264 g/mol. The van der Waals surface area contributed by atoms with Crippen LogP contribution in [0.4, 0.5) is 11.4 Å².